The third kappa shape index (κ3) is 2.78. The zero-order valence-corrected chi connectivity index (χ0v) is 11.9. The number of nitrogen functional groups attached to an aromatic ring is 1. The highest BCUT2D eigenvalue weighted by atomic mass is 35.5. The highest BCUT2D eigenvalue weighted by Gasteiger charge is 2.39. The van der Waals surface area contributed by atoms with Gasteiger partial charge in [0.1, 0.15) is 5.15 Å². The summed E-state index contributed by atoms with van der Waals surface area (Å²) in [5.74, 6) is -2.37. The Bertz CT molecular complexity index is 661. The van der Waals surface area contributed by atoms with Gasteiger partial charge in [-0.2, -0.15) is 0 Å². The van der Waals surface area contributed by atoms with Crippen LogP contribution < -0.4 is 10.6 Å². The fourth-order valence-corrected chi connectivity index (χ4v) is 2.71. The first-order valence-electron chi connectivity index (χ1n) is 6.60. The lowest BCUT2D eigenvalue weighted by Gasteiger charge is -2.21. The van der Waals surface area contributed by atoms with Crippen LogP contribution >= 0.6 is 11.6 Å². The number of hydrogen-bond donors (Lipinski definition) is 1. The molecule has 1 saturated heterocycles. The van der Waals surface area contributed by atoms with Crippen molar-refractivity contribution < 1.29 is 8.78 Å². The summed E-state index contributed by atoms with van der Waals surface area (Å²) in [4.78, 5) is 5.63. The lowest BCUT2D eigenvalue weighted by atomic mass is 10.1. The highest BCUT2D eigenvalue weighted by molar-refractivity contribution is 6.30. The van der Waals surface area contributed by atoms with Crippen LogP contribution in [0.5, 0.6) is 0 Å². The first-order chi connectivity index (χ1) is 9.96. The number of rotatable bonds is 2. The Hall–Kier alpha value is -1.88. The molecule has 2 heterocycles. The van der Waals surface area contributed by atoms with Crippen LogP contribution in [-0.4, -0.2) is 24.0 Å². The number of pyridine rings is 1. The van der Waals surface area contributed by atoms with Gasteiger partial charge in [-0.1, -0.05) is 41.9 Å². The van der Waals surface area contributed by atoms with Crippen LogP contribution in [0, 0.1) is 0 Å². The number of benzene rings is 1. The maximum absolute atomic E-state index is 13.4. The van der Waals surface area contributed by atoms with Gasteiger partial charge in [0.15, 0.2) is 5.82 Å². The van der Waals surface area contributed by atoms with Gasteiger partial charge in [0.05, 0.1) is 12.2 Å². The van der Waals surface area contributed by atoms with Crippen LogP contribution in [0.2, 0.25) is 5.15 Å². The van der Waals surface area contributed by atoms with E-state index in [4.69, 9.17) is 17.3 Å². The second kappa shape index (κ2) is 5.15. The Morgan fingerprint density at radius 3 is 2.57 bits per heavy atom. The largest absolute Gasteiger partial charge is 0.395 e. The highest BCUT2D eigenvalue weighted by Crippen LogP contribution is 2.38. The molecule has 3 rings (SSSR count). The molecule has 21 heavy (non-hydrogen) atoms. The minimum atomic E-state index is -2.71. The lowest BCUT2D eigenvalue weighted by Crippen LogP contribution is -2.26. The molecule has 110 valence electrons. The third-order valence-corrected chi connectivity index (χ3v) is 3.75. The van der Waals surface area contributed by atoms with Crippen LogP contribution in [0.1, 0.15) is 6.42 Å². The molecule has 0 aliphatic carbocycles. The molecule has 3 nitrogen and oxygen atoms in total. The summed E-state index contributed by atoms with van der Waals surface area (Å²) < 4.78 is 26.8. The molecule has 2 N–H and O–H groups in total. The first-order valence-corrected chi connectivity index (χ1v) is 6.98. The van der Waals surface area contributed by atoms with Crippen molar-refractivity contribution in [1.29, 1.82) is 0 Å². The summed E-state index contributed by atoms with van der Waals surface area (Å²) in [7, 11) is 0. The summed E-state index contributed by atoms with van der Waals surface area (Å²) in [6, 6.07) is 11.1. The van der Waals surface area contributed by atoms with Crippen molar-refractivity contribution in [3.05, 3.63) is 41.6 Å². The van der Waals surface area contributed by atoms with E-state index in [1.807, 2.05) is 30.3 Å². The maximum Gasteiger partial charge on any atom is 0.266 e. The van der Waals surface area contributed by atoms with Crippen LogP contribution in [-0.2, 0) is 0 Å². The molecule has 1 fully saturated rings. The van der Waals surface area contributed by atoms with Gasteiger partial charge >= 0.3 is 0 Å². The van der Waals surface area contributed by atoms with E-state index < -0.39 is 5.92 Å². The molecule has 1 aromatic heterocycles. The molecular formula is C15H14ClF2N3. The number of hydrogen-bond acceptors (Lipinski definition) is 3. The maximum atomic E-state index is 13.4. The smallest absolute Gasteiger partial charge is 0.266 e. The Labute approximate surface area is 126 Å². The van der Waals surface area contributed by atoms with Crippen LogP contribution in [0.4, 0.5) is 20.3 Å². The minimum Gasteiger partial charge on any atom is -0.395 e. The van der Waals surface area contributed by atoms with Crippen LogP contribution in [0.25, 0.3) is 11.1 Å². The quantitative estimate of drug-likeness (QED) is 0.857. The summed E-state index contributed by atoms with van der Waals surface area (Å²) in [5.41, 5.74) is 8.11. The van der Waals surface area contributed by atoms with Crippen molar-refractivity contribution >= 4 is 23.1 Å². The molecule has 0 amide bonds. The van der Waals surface area contributed by atoms with Gasteiger partial charge in [0.2, 0.25) is 0 Å². The Morgan fingerprint density at radius 2 is 1.95 bits per heavy atom. The Morgan fingerprint density at radius 1 is 1.24 bits per heavy atom. The fraction of sp³-hybridized carbons (Fsp3) is 0.267. The van der Waals surface area contributed by atoms with Gasteiger partial charge in [-0.3, -0.25) is 0 Å². The number of aromatic nitrogens is 1. The van der Waals surface area contributed by atoms with Gasteiger partial charge in [-0.25, -0.2) is 13.8 Å². The predicted molar refractivity (Wildman–Crippen MR) is 80.9 cm³/mol. The number of alkyl halides is 2. The van der Waals surface area contributed by atoms with E-state index in [1.165, 1.54) is 4.90 Å². The van der Waals surface area contributed by atoms with E-state index in [0.717, 1.165) is 5.56 Å². The van der Waals surface area contributed by atoms with Crippen molar-refractivity contribution in [2.75, 3.05) is 23.7 Å². The number of anilines is 2. The van der Waals surface area contributed by atoms with E-state index in [2.05, 4.69) is 4.98 Å². The topological polar surface area (TPSA) is 42.1 Å². The summed E-state index contributed by atoms with van der Waals surface area (Å²) in [6.45, 7) is -0.155. The van der Waals surface area contributed by atoms with Crippen molar-refractivity contribution in [3.8, 4) is 11.1 Å². The summed E-state index contributed by atoms with van der Waals surface area (Å²) in [5, 5.41) is 0.244. The molecule has 1 aliphatic rings. The minimum absolute atomic E-state index is 0.193. The molecule has 1 aromatic carbocycles. The number of nitrogens with two attached hydrogens (primary N) is 1. The molecular weight excluding hydrogens is 296 g/mol. The van der Waals surface area contributed by atoms with Crippen molar-refractivity contribution in [3.63, 3.8) is 0 Å². The van der Waals surface area contributed by atoms with Crippen molar-refractivity contribution in [1.82, 2.24) is 4.98 Å². The lowest BCUT2D eigenvalue weighted by molar-refractivity contribution is 0.0257. The van der Waals surface area contributed by atoms with Gasteiger partial charge < -0.3 is 10.6 Å². The molecule has 1 aliphatic heterocycles. The van der Waals surface area contributed by atoms with E-state index in [0.29, 0.717) is 17.1 Å². The van der Waals surface area contributed by atoms with Gasteiger partial charge in [-0.15, -0.1) is 0 Å². The number of nitrogens with zero attached hydrogens (tertiary/aromatic N) is 2. The zero-order chi connectivity index (χ0) is 15.0. The summed E-state index contributed by atoms with van der Waals surface area (Å²) in [6.07, 6.45) is -0.193. The Kier molecular flexibility index (Phi) is 3.45. The fourth-order valence-electron chi connectivity index (χ4n) is 2.53. The van der Waals surface area contributed by atoms with Crippen molar-refractivity contribution in [2.45, 2.75) is 12.3 Å². The van der Waals surface area contributed by atoms with Gasteiger partial charge in [0.25, 0.3) is 5.92 Å². The average molecular weight is 310 g/mol. The molecule has 0 atom stereocenters. The number of halogens is 3. The van der Waals surface area contributed by atoms with Crippen LogP contribution in [0.3, 0.4) is 0 Å². The standard InChI is InChI=1S/C15H14ClF2N3/c16-12-8-11(10-4-2-1-3-5-10)13(19)14(20-12)21-7-6-15(17,18)9-21/h1-5,8H,6-7,9,19H2. The van der Waals surface area contributed by atoms with E-state index in [1.54, 1.807) is 6.07 Å². The second-order valence-corrected chi connectivity index (χ2v) is 5.51. The molecule has 6 heteroatoms. The van der Waals surface area contributed by atoms with E-state index in [-0.39, 0.29) is 24.7 Å². The average Bonchev–Trinajstić information content (AvgIpc) is 2.82. The van der Waals surface area contributed by atoms with Crippen molar-refractivity contribution in [2.24, 2.45) is 0 Å². The van der Waals surface area contributed by atoms with E-state index >= 15 is 0 Å². The first kappa shape index (κ1) is 14.1. The second-order valence-electron chi connectivity index (χ2n) is 5.12. The predicted octanol–water partition coefficient (Wildman–Crippen LogP) is 3.83. The third-order valence-electron chi connectivity index (χ3n) is 3.56. The molecule has 0 radical (unpaired) electrons. The van der Waals surface area contributed by atoms with Gasteiger partial charge in [-0.05, 0) is 11.6 Å². The molecule has 2 aromatic rings. The molecule has 0 spiro atoms. The molecule has 0 unspecified atom stereocenters. The normalized spacial score (nSPS) is 17.2. The van der Waals surface area contributed by atoms with Gasteiger partial charge in [0, 0.05) is 18.5 Å². The molecule has 0 saturated carbocycles. The monoisotopic (exact) mass is 309 g/mol. The van der Waals surface area contributed by atoms with Crippen LogP contribution in [0.15, 0.2) is 36.4 Å². The SMILES string of the molecule is Nc1c(-c2ccccc2)cc(Cl)nc1N1CCC(F)(F)C1. The molecule has 0 bridgehead atoms. The Balaban J connectivity index is 2.05. The van der Waals surface area contributed by atoms with E-state index in [9.17, 15) is 8.78 Å². The summed E-state index contributed by atoms with van der Waals surface area (Å²) >= 11 is 6.04. The zero-order valence-electron chi connectivity index (χ0n) is 11.2.